The van der Waals surface area contributed by atoms with Crippen molar-refractivity contribution in [1.82, 2.24) is 4.90 Å². The van der Waals surface area contributed by atoms with Crippen LogP contribution in [0.3, 0.4) is 0 Å². The van der Waals surface area contributed by atoms with E-state index in [0.717, 1.165) is 41.9 Å². The summed E-state index contributed by atoms with van der Waals surface area (Å²) in [6.07, 6.45) is 0. The van der Waals surface area contributed by atoms with Gasteiger partial charge in [-0.15, -0.1) is 0 Å². The van der Waals surface area contributed by atoms with Gasteiger partial charge in [0.05, 0.1) is 0 Å². The zero-order valence-corrected chi connectivity index (χ0v) is 13.8. The number of hydrogen-bond acceptors (Lipinski definition) is 3. The van der Waals surface area contributed by atoms with E-state index in [1.807, 2.05) is 24.3 Å². The monoisotopic (exact) mass is 364 g/mol. The SMILES string of the molecule is Oc1ccc(N2CCN(Cc3ccc(Br)cc3F)CC2)cc1. The Bertz CT molecular complexity index is 640. The average Bonchev–Trinajstić information content (AvgIpc) is 2.52. The predicted molar refractivity (Wildman–Crippen MR) is 89.7 cm³/mol. The highest BCUT2D eigenvalue weighted by atomic mass is 79.9. The summed E-state index contributed by atoms with van der Waals surface area (Å²) in [6.45, 7) is 4.25. The molecule has 0 unspecified atom stereocenters. The van der Waals surface area contributed by atoms with Crippen LogP contribution in [0, 0.1) is 5.82 Å². The van der Waals surface area contributed by atoms with Gasteiger partial charge >= 0.3 is 0 Å². The minimum Gasteiger partial charge on any atom is -0.508 e. The van der Waals surface area contributed by atoms with Gasteiger partial charge in [-0.25, -0.2) is 4.39 Å². The molecule has 2 aromatic rings. The second-order valence-corrected chi connectivity index (χ2v) is 6.43. The summed E-state index contributed by atoms with van der Waals surface area (Å²) in [5.41, 5.74) is 1.86. The van der Waals surface area contributed by atoms with Crippen LogP contribution in [-0.4, -0.2) is 36.2 Å². The molecule has 0 aromatic heterocycles. The van der Waals surface area contributed by atoms with Gasteiger partial charge in [-0.1, -0.05) is 22.0 Å². The normalized spacial score (nSPS) is 16.0. The van der Waals surface area contributed by atoms with Crippen LogP contribution in [0.2, 0.25) is 0 Å². The van der Waals surface area contributed by atoms with E-state index in [2.05, 4.69) is 25.7 Å². The van der Waals surface area contributed by atoms with Gasteiger partial charge in [0, 0.05) is 48.4 Å². The lowest BCUT2D eigenvalue weighted by atomic mass is 10.1. The topological polar surface area (TPSA) is 26.7 Å². The zero-order valence-electron chi connectivity index (χ0n) is 12.2. The van der Waals surface area contributed by atoms with Crippen molar-refractivity contribution in [1.29, 1.82) is 0 Å². The van der Waals surface area contributed by atoms with Crippen molar-refractivity contribution < 1.29 is 9.50 Å². The first-order chi connectivity index (χ1) is 10.6. The summed E-state index contributed by atoms with van der Waals surface area (Å²) in [5, 5.41) is 9.34. The Morgan fingerprint density at radius 1 is 1.00 bits per heavy atom. The largest absolute Gasteiger partial charge is 0.508 e. The Balaban J connectivity index is 1.58. The van der Waals surface area contributed by atoms with Gasteiger partial charge in [0.1, 0.15) is 11.6 Å². The minimum atomic E-state index is -0.157. The maximum atomic E-state index is 13.9. The summed E-state index contributed by atoms with van der Waals surface area (Å²) < 4.78 is 14.7. The molecule has 0 atom stereocenters. The Morgan fingerprint density at radius 3 is 2.32 bits per heavy atom. The van der Waals surface area contributed by atoms with E-state index in [9.17, 15) is 9.50 Å². The average molecular weight is 365 g/mol. The van der Waals surface area contributed by atoms with Crippen LogP contribution in [0.1, 0.15) is 5.56 Å². The van der Waals surface area contributed by atoms with E-state index in [-0.39, 0.29) is 11.6 Å². The van der Waals surface area contributed by atoms with Gasteiger partial charge in [-0.05, 0) is 36.4 Å². The van der Waals surface area contributed by atoms with Gasteiger partial charge in [0.15, 0.2) is 0 Å². The molecule has 3 nitrogen and oxygen atoms in total. The van der Waals surface area contributed by atoms with E-state index in [0.29, 0.717) is 6.54 Å². The second kappa shape index (κ2) is 6.67. The fraction of sp³-hybridized carbons (Fsp3) is 0.294. The lowest BCUT2D eigenvalue weighted by Gasteiger charge is -2.36. The molecular formula is C17H18BrFN2O. The quantitative estimate of drug-likeness (QED) is 0.900. The third kappa shape index (κ3) is 3.59. The van der Waals surface area contributed by atoms with Crippen molar-refractivity contribution >= 4 is 21.6 Å². The maximum absolute atomic E-state index is 13.9. The Kier molecular flexibility index (Phi) is 4.64. The molecule has 1 fully saturated rings. The number of halogens is 2. The van der Waals surface area contributed by atoms with E-state index in [4.69, 9.17) is 0 Å². The van der Waals surface area contributed by atoms with Crippen LogP contribution < -0.4 is 4.90 Å². The number of piperazine rings is 1. The molecule has 1 heterocycles. The lowest BCUT2D eigenvalue weighted by molar-refractivity contribution is 0.246. The molecule has 1 aliphatic rings. The van der Waals surface area contributed by atoms with Gasteiger partial charge < -0.3 is 10.0 Å². The Morgan fingerprint density at radius 2 is 1.68 bits per heavy atom. The Labute approximate surface area is 138 Å². The summed E-state index contributed by atoms with van der Waals surface area (Å²) in [6, 6.07) is 12.5. The van der Waals surface area contributed by atoms with Gasteiger partial charge in [0.2, 0.25) is 0 Å². The van der Waals surface area contributed by atoms with Crippen LogP contribution in [0.5, 0.6) is 5.75 Å². The van der Waals surface area contributed by atoms with Gasteiger partial charge in [0.25, 0.3) is 0 Å². The second-order valence-electron chi connectivity index (χ2n) is 5.52. The molecule has 2 aromatic carbocycles. The highest BCUT2D eigenvalue weighted by Crippen LogP contribution is 2.21. The van der Waals surface area contributed by atoms with E-state index in [1.54, 1.807) is 12.1 Å². The molecule has 0 spiro atoms. The number of anilines is 1. The van der Waals surface area contributed by atoms with Crippen LogP contribution in [0.25, 0.3) is 0 Å². The number of hydrogen-bond donors (Lipinski definition) is 1. The highest BCUT2D eigenvalue weighted by Gasteiger charge is 2.18. The molecule has 0 amide bonds. The molecule has 0 radical (unpaired) electrons. The van der Waals surface area contributed by atoms with Crippen molar-refractivity contribution in [3.63, 3.8) is 0 Å². The standard InChI is InChI=1S/C17H18BrFN2O/c18-14-2-1-13(17(19)11-14)12-20-7-9-21(10-8-20)15-3-5-16(22)6-4-15/h1-6,11,22H,7-10,12H2. The van der Waals surface area contributed by atoms with Gasteiger partial charge in [-0.3, -0.25) is 4.90 Å². The smallest absolute Gasteiger partial charge is 0.128 e. The van der Waals surface area contributed by atoms with E-state index < -0.39 is 0 Å². The first kappa shape index (κ1) is 15.3. The summed E-state index contributed by atoms with van der Waals surface area (Å²) in [4.78, 5) is 4.55. The Hall–Kier alpha value is -1.59. The van der Waals surface area contributed by atoms with Crippen molar-refractivity contribution in [3.05, 3.63) is 58.3 Å². The van der Waals surface area contributed by atoms with Crippen LogP contribution in [0.4, 0.5) is 10.1 Å². The molecule has 5 heteroatoms. The molecule has 0 saturated carbocycles. The first-order valence-electron chi connectivity index (χ1n) is 7.32. The minimum absolute atomic E-state index is 0.157. The number of nitrogens with zero attached hydrogens (tertiary/aromatic N) is 2. The molecule has 1 aliphatic heterocycles. The number of phenolic OH excluding ortho intramolecular Hbond substituents is 1. The molecule has 0 aliphatic carbocycles. The van der Waals surface area contributed by atoms with Crippen molar-refractivity contribution in [2.75, 3.05) is 31.1 Å². The summed E-state index contributed by atoms with van der Waals surface area (Å²) >= 11 is 3.28. The van der Waals surface area contributed by atoms with Crippen LogP contribution >= 0.6 is 15.9 Å². The van der Waals surface area contributed by atoms with Crippen molar-refractivity contribution in [3.8, 4) is 5.75 Å². The third-order valence-electron chi connectivity index (χ3n) is 4.00. The molecular weight excluding hydrogens is 347 g/mol. The molecule has 1 saturated heterocycles. The predicted octanol–water partition coefficient (Wildman–Crippen LogP) is 3.62. The number of benzene rings is 2. The van der Waals surface area contributed by atoms with Crippen LogP contribution in [0.15, 0.2) is 46.9 Å². The fourth-order valence-corrected chi connectivity index (χ4v) is 3.05. The molecule has 1 N–H and O–H groups in total. The molecule has 116 valence electrons. The third-order valence-corrected chi connectivity index (χ3v) is 4.49. The fourth-order valence-electron chi connectivity index (χ4n) is 2.72. The van der Waals surface area contributed by atoms with Crippen molar-refractivity contribution in [2.45, 2.75) is 6.54 Å². The summed E-state index contributed by atoms with van der Waals surface area (Å²) in [7, 11) is 0. The van der Waals surface area contributed by atoms with Crippen molar-refractivity contribution in [2.24, 2.45) is 0 Å². The lowest BCUT2D eigenvalue weighted by Crippen LogP contribution is -2.46. The number of aromatic hydroxyl groups is 1. The first-order valence-corrected chi connectivity index (χ1v) is 8.11. The molecule has 22 heavy (non-hydrogen) atoms. The molecule has 3 rings (SSSR count). The zero-order chi connectivity index (χ0) is 15.5. The molecule has 0 bridgehead atoms. The van der Waals surface area contributed by atoms with E-state index in [1.165, 1.54) is 6.07 Å². The van der Waals surface area contributed by atoms with Crippen LogP contribution in [-0.2, 0) is 6.54 Å². The summed E-state index contributed by atoms with van der Waals surface area (Å²) in [5.74, 6) is 0.128. The van der Waals surface area contributed by atoms with E-state index >= 15 is 0 Å². The van der Waals surface area contributed by atoms with Gasteiger partial charge in [-0.2, -0.15) is 0 Å². The number of phenols is 1. The maximum Gasteiger partial charge on any atom is 0.128 e. The number of rotatable bonds is 3. The highest BCUT2D eigenvalue weighted by molar-refractivity contribution is 9.10.